The van der Waals surface area contributed by atoms with E-state index in [0.29, 0.717) is 26.2 Å². The van der Waals surface area contributed by atoms with Crippen LogP contribution in [0.4, 0.5) is 5.69 Å². The number of hydrogen-bond donors (Lipinski definition) is 1. The molecule has 1 aromatic heterocycles. The molecule has 2 heterocycles. The number of amides is 1. The Morgan fingerprint density at radius 2 is 1.85 bits per heavy atom. The molecule has 1 aliphatic rings. The molecule has 3 rings (SSSR count). The van der Waals surface area contributed by atoms with E-state index in [4.69, 9.17) is 9.15 Å². The van der Waals surface area contributed by atoms with Gasteiger partial charge in [0, 0.05) is 32.2 Å². The Hall–Kier alpha value is -2.52. The van der Waals surface area contributed by atoms with Crippen LogP contribution in [-0.4, -0.2) is 59.6 Å². The second-order valence-corrected chi connectivity index (χ2v) is 8.04. The van der Waals surface area contributed by atoms with Gasteiger partial charge < -0.3 is 19.0 Å². The van der Waals surface area contributed by atoms with Gasteiger partial charge in [0.2, 0.25) is 10.0 Å². The lowest BCUT2D eigenvalue weighted by Crippen LogP contribution is -2.48. The molecule has 0 unspecified atom stereocenters. The molecule has 1 saturated heterocycles. The van der Waals surface area contributed by atoms with Crippen LogP contribution in [0.3, 0.4) is 0 Å². The Labute approximate surface area is 158 Å². The summed E-state index contributed by atoms with van der Waals surface area (Å²) in [6.45, 7) is 3.83. The van der Waals surface area contributed by atoms with E-state index >= 15 is 0 Å². The third-order valence-electron chi connectivity index (χ3n) is 4.63. The minimum Gasteiger partial charge on any atom is -0.495 e. The summed E-state index contributed by atoms with van der Waals surface area (Å²) in [5.74, 6) is 0.712. The van der Waals surface area contributed by atoms with E-state index in [-0.39, 0.29) is 22.3 Å². The molecule has 2 aromatic rings. The minimum absolute atomic E-state index is 0.0130. The average Bonchev–Trinajstić information content (AvgIpc) is 3.10. The molecule has 27 heavy (non-hydrogen) atoms. The van der Waals surface area contributed by atoms with Crippen LogP contribution in [0.5, 0.6) is 5.75 Å². The third kappa shape index (κ3) is 3.79. The van der Waals surface area contributed by atoms with Crippen LogP contribution in [0.15, 0.2) is 39.6 Å². The molecule has 0 radical (unpaired) electrons. The predicted molar refractivity (Wildman–Crippen MR) is 101 cm³/mol. The number of furan rings is 1. The van der Waals surface area contributed by atoms with Gasteiger partial charge in [-0.2, -0.15) is 0 Å². The van der Waals surface area contributed by atoms with Crippen LogP contribution in [0.2, 0.25) is 0 Å². The molecule has 9 heteroatoms. The SMILES string of the molecule is CNS(=O)(=O)c1cc(C(=O)N2CCN(c3ccccc3OC)CC2)oc1C. The van der Waals surface area contributed by atoms with Crippen molar-refractivity contribution in [1.82, 2.24) is 9.62 Å². The maximum absolute atomic E-state index is 12.7. The molecule has 0 spiro atoms. The van der Waals surface area contributed by atoms with Crippen LogP contribution in [0.1, 0.15) is 16.3 Å². The number of aryl methyl sites for hydroxylation is 1. The zero-order chi connectivity index (χ0) is 19.6. The van der Waals surface area contributed by atoms with Gasteiger partial charge in [0.05, 0.1) is 12.8 Å². The zero-order valence-corrected chi connectivity index (χ0v) is 16.4. The number of nitrogens with one attached hydrogen (secondary N) is 1. The fourth-order valence-electron chi connectivity index (χ4n) is 3.14. The molecule has 1 aromatic carbocycles. The van der Waals surface area contributed by atoms with Gasteiger partial charge in [-0.15, -0.1) is 0 Å². The van der Waals surface area contributed by atoms with Crippen LogP contribution in [0.25, 0.3) is 0 Å². The molecular weight excluding hydrogens is 370 g/mol. The van der Waals surface area contributed by atoms with Crippen molar-refractivity contribution in [1.29, 1.82) is 0 Å². The van der Waals surface area contributed by atoms with Crippen LogP contribution in [0, 0.1) is 6.92 Å². The van der Waals surface area contributed by atoms with E-state index < -0.39 is 10.0 Å². The molecule has 0 saturated carbocycles. The minimum atomic E-state index is -3.66. The number of carbonyl (C=O) groups excluding carboxylic acids is 1. The summed E-state index contributed by atoms with van der Waals surface area (Å²) in [6.07, 6.45) is 0. The van der Waals surface area contributed by atoms with Crippen LogP contribution < -0.4 is 14.4 Å². The summed E-state index contributed by atoms with van der Waals surface area (Å²) >= 11 is 0. The Morgan fingerprint density at radius 1 is 1.19 bits per heavy atom. The molecule has 1 amide bonds. The van der Waals surface area contributed by atoms with E-state index in [1.807, 2.05) is 24.3 Å². The Bertz CT molecular complexity index is 930. The zero-order valence-electron chi connectivity index (χ0n) is 15.6. The number of sulfonamides is 1. The number of piperazine rings is 1. The Balaban J connectivity index is 1.71. The highest BCUT2D eigenvalue weighted by Gasteiger charge is 2.28. The van der Waals surface area contributed by atoms with E-state index in [1.165, 1.54) is 20.0 Å². The first-order chi connectivity index (χ1) is 12.9. The topological polar surface area (TPSA) is 92.1 Å². The van der Waals surface area contributed by atoms with Crippen molar-refractivity contribution in [2.75, 3.05) is 45.2 Å². The first-order valence-corrected chi connectivity index (χ1v) is 10.1. The van der Waals surface area contributed by atoms with E-state index in [9.17, 15) is 13.2 Å². The molecule has 1 fully saturated rings. The summed E-state index contributed by atoms with van der Waals surface area (Å²) in [4.78, 5) is 16.5. The Kier molecular flexibility index (Phi) is 5.43. The monoisotopic (exact) mass is 393 g/mol. The van der Waals surface area contributed by atoms with E-state index in [2.05, 4.69) is 9.62 Å². The standard InChI is InChI=1S/C18H23N3O5S/c1-13-17(27(23,24)19-2)12-16(26-13)18(22)21-10-8-20(9-11-21)14-6-4-5-7-15(14)25-3/h4-7,12,19H,8-11H2,1-3H3. The third-order valence-corrected chi connectivity index (χ3v) is 6.16. The second kappa shape index (κ2) is 7.61. The summed E-state index contributed by atoms with van der Waals surface area (Å²) < 4.78 is 37.0. The number of ether oxygens (including phenoxy) is 1. The van der Waals surface area contributed by atoms with E-state index in [0.717, 1.165) is 11.4 Å². The molecule has 1 aliphatic heterocycles. The van der Waals surface area contributed by atoms with Crippen molar-refractivity contribution in [2.24, 2.45) is 0 Å². The van der Waals surface area contributed by atoms with Crippen molar-refractivity contribution < 1.29 is 22.4 Å². The lowest BCUT2D eigenvalue weighted by molar-refractivity contribution is 0.0713. The number of para-hydroxylation sites is 2. The molecule has 1 N–H and O–H groups in total. The van der Waals surface area contributed by atoms with E-state index in [1.54, 1.807) is 12.0 Å². The van der Waals surface area contributed by atoms with Crippen LogP contribution >= 0.6 is 0 Å². The first-order valence-electron chi connectivity index (χ1n) is 8.58. The van der Waals surface area contributed by atoms with Crippen molar-refractivity contribution >= 4 is 21.6 Å². The fourth-order valence-corrected chi connectivity index (χ4v) is 4.05. The highest BCUT2D eigenvalue weighted by atomic mass is 32.2. The summed E-state index contributed by atoms with van der Waals surface area (Å²) in [5.41, 5.74) is 0.989. The second-order valence-electron chi connectivity index (χ2n) is 6.19. The highest BCUT2D eigenvalue weighted by molar-refractivity contribution is 7.89. The largest absolute Gasteiger partial charge is 0.495 e. The highest BCUT2D eigenvalue weighted by Crippen LogP contribution is 2.29. The summed E-state index contributed by atoms with van der Waals surface area (Å²) in [7, 11) is -0.708. The number of carbonyl (C=O) groups is 1. The predicted octanol–water partition coefficient (Wildman–Crippen LogP) is 1.47. The van der Waals surface area contributed by atoms with Gasteiger partial charge in [-0.05, 0) is 26.1 Å². The van der Waals surface area contributed by atoms with Gasteiger partial charge >= 0.3 is 0 Å². The fraction of sp³-hybridized carbons (Fsp3) is 0.389. The summed E-state index contributed by atoms with van der Waals surface area (Å²) in [6, 6.07) is 9.04. The van der Waals surface area contributed by atoms with Gasteiger partial charge in [0.1, 0.15) is 16.4 Å². The van der Waals surface area contributed by atoms with Crippen molar-refractivity contribution in [2.45, 2.75) is 11.8 Å². The molecule has 0 atom stereocenters. The van der Waals surface area contributed by atoms with Crippen LogP contribution in [-0.2, 0) is 10.0 Å². The number of rotatable bonds is 5. The smallest absolute Gasteiger partial charge is 0.289 e. The molecular formula is C18H23N3O5S. The normalized spacial score (nSPS) is 15.1. The maximum Gasteiger partial charge on any atom is 0.289 e. The Morgan fingerprint density at radius 3 is 2.48 bits per heavy atom. The van der Waals surface area contributed by atoms with Gasteiger partial charge in [-0.1, -0.05) is 12.1 Å². The average molecular weight is 393 g/mol. The number of hydrogen-bond acceptors (Lipinski definition) is 6. The van der Waals surface area contributed by atoms with Gasteiger partial charge in [-0.25, -0.2) is 13.1 Å². The van der Waals surface area contributed by atoms with Gasteiger partial charge in [0.25, 0.3) is 5.91 Å². The van der Waals surface area contributed by atoms with Crippen molar-refractivity contribution in [3.63, 3.8) is 0 Å². The van der Waals surface area contributed by atoms with Crippen molar-refractivity contribution in [3.8, 4) is 5.75 Å². The molecule has 8 nitrogen and oxygen atoms in total. The lowest BCUT2D eigenvalue weighted by Gasteiger charge is -2.36. The first kappa shape index (κ1) is 19.2. The molecule has 146 valence electrons. The molecule has 0 aliphatic carbocycles. The lowest BCUT2D eigenvalue weighted by atomic mass is 10.2. The maximum atomic E-state index is 12.7. The number of anilines is 1. The molecule has 0 bridgehead atoms. The number of nitrogens with zero attached hydrogens (tertiary/aromatic N) is 2. The summed E-state index contributed by atoms with van der Waals surface area (Å²) in [5, 5.41) is 0. The quantitative estimate of drug-likeness (QED) is 0.827. The van der Waals surface area contributed by atoms with Gasteiger partial charge in [-0.3, -0.25) is 4.79 Å². The van der Waals surface area contributed by atoms with Crippen molar-refractivity contribution in [3.05, 3.63) is 41.9 Å². The number of benzene rings is 1. The van der Waals surface area contributed by atoms with Gasteiger partial charge in [0.15, 0.2) is 5.76 Å². The number of methoxy groups -OCH3 is 1.